The number of hydrogen-bond donors (Lipinski definition) is 1. The molecule has 146 valence electrons. The van der Waals surface area contributed by atoms with E-state index in [1.165, 1.54) is 30.3 Å². The molecular formula is C20H13Cl2F3O3. The van der Waals surface area contributed by atoms with Crippen molar-refractivity contribution in [1.82, 2.24) is 0 Å². The summed E-state index contributed by atoms with van der Waals surface area (Å²) in [5, 5.41) is 9.69. The predicted molar refractivity (Wildman–Crippen MR) is 99.9 cm³/mol. The Morgan fingerprint density at radius 3 is 2.29 bits per heavy atom. The molecule has 3 aromatic rings. The first-order chi connectivity index (χ1) is 13.2. The number of phenolic OH excluding ortho intramolecular Hbond substituents is 1. The Bertz CT molecular complexity index is 1010. The summed E-state index contributed by atoms with van der Waals surface area (Å²) in [5.74, 6) is -0.0499. The standard InChI is InChI=1S/C20H13Cl2F3O3/c21-18-12(4-8-15(27)19(18)22)3-7-14(26)17-10-9-16(28-17)11-1-5-13(6-2-11)20(23,24)25/h1-2,4-6,8-10,27H,3,7H2. The van der Waals surface area contributed by atoms with Crippen molar-refractivity contribution in [2.75, 3.05) is 0 Å². The van der Waals surface area contributed by atoms with E-state index in [0.29, 0.717) is 16.9 Å². The zero-order valence-electron chi connectivity index (χ0n) is 14.2. The number of furan rings is 1. The number of ketones is 1. The molecule has 2 aromatic carbocycles. The van der Waals surface area contributed by atoms with E-state index in [-0.39, 0.29) is 40.2 Å². The molecule has 3 nitrogen and oxygen atoms in total. The van der Waals surface area contributed by atoms with E-state index in [9.17, 15) is 23.1 Å². The summed E-state index contributed by atoms with van der Waals surface area (Å²) in [4.78, 5) is 12.3. The Hall–Kier alpha value is -2.44. The van der Waals surface area contributed by atoms with Crippen LogP contribution in [-0.4, -0.2) is 10.9 Å². The van der Waals surface area contributed by atoms with Crippen molar-refractivity contribution in [2.45, 2.75) is 19.0 Å². The van der Waals surface area contributed by atoms with E-state index in [0.717, 1.165) is 12.1 Å². The van der Waals surface area contributed by atoms with Crippen LogP contribution in [0, 0.1) is 0 Å². The molecule has 1 heterocycles. The van der Waals surface area contributed by atoms with Crippen LogP contribution < -0.4 is 0 Å². The molecular weight excluding hydrogens is 416 g/mol. The molecule has 8 heteroatoms. The predicted octanol–water partition coefficient (Wildman–Crippen LogP) is 6.79. The van der Waals surface area contributed by atoms with Gasteiger partial charge in [0.15, 0.2) is 11.5 Å². The van der Waals surface area contributed by atoms with Gasteiger partial charge in [0.2, 0.25) is 0 Å². The van der Waals surface area contributed by atoms with Crippen molar-refractivity contribution in [3.63, 3.8) is 0 Å². The van der Waals surface area contributed by atoms with Crippen LogP contribution in [0.2, 0.25) is 10.0 Å². The lowest BCUT2D eigenvalue weighted by molar-refractivity contribution is -0.137. The van der Waals surface area contributed by atoms with Crippen LogP contribution in [0.25, 0.3) is 11.3 Å². The first kappa shape index (κ1) is 20.3. The normalized spacial score (nSPS) is 11.6. The molecule has 0 aliphatic rings. The average molecular weight is 429 g/mol. The van der Waals surface area contributed by atoms with Crippen LogP contribution in [-0.2, 0) is 12.6 Å². The molecule has 28 heavy (non-hydrogen) atoms. The van der Waals surface area contributed by atoms with Gasteiger partial charge in [0.05, 0.1) is 10.6 Å². The fourth-order valence-corrected chi connectivity index (χ4v) is 3.05. The summed E-state index contributed by atoms with van der Waals surface area (Å²) in [7, 11) is 0. The number of alkyl halides is 3. The highest BCUT2D eigenvalue weighted by Gasteiger charge is 2.30. The molecule has 0 spiro atoms. The van der Waals surface area contributed by atoms with Gasteiger partial charge in [0, 0.05) is 12.0 Å². The second-order valence-electron chi connectivity index (χ2n) is 6.03. The van der Waals surface area contributed by atoms with Crippen molar-refractivity contribution in [3.8, 4) is 17.1 Å². The van der Waals surface area contributed by atoms with Crippen molar-refractivity contribution >= 4 is 29.0 Å². The molecule has 0 saturated carbocycles. The number of phenols is 1. The third kappa shape index (κ3) is 4.34. The van der Waals surface area contributed by atoms with Crippen LogP contribution >= 0.6 is 23.2 Å². The molecule has 1 N–H and O–H groups in total. The zero-order chi connectivity index (χ0) is 20.5. The van der Waals surface area contributed by atoms with Gasteiger partial charge in [-0.25, -0.2) is 0 Å². The minimum atomic E-state index is -4.42. The average Bonchev–Trinajstić information content (AvgIpc) is 3.15. The minimum Gasteiger partial charge on any atom is -0.506 e. The molecule has 0 aliphatic carbocycles. The highest BCUT2D eigenvalue weighted by molar-refractivity contribution is 6.43. The summed E-state index contributed by atoms with van der Waals surface area (Å²) in [6, 6.07) is 10.4. The lowest BCUT2D eigenvalue weighted by atomic mass is 10.1. The van der Waals surface area contributed by atoms with E-state index < -0.39 is 11.7 Å². The number of rotatable bonds is 5. The fourth-order valence-electron chi connectivity index (χ4n) is 2.61. The quantitative estimate of drug-likeness (QED) is 0.454. The van der Waals surface area contributed by atoms with Gasteiger partial charge in [0.25, 0.3) is 0 Å². The molecule has 0 aliphatic heterocycles. The maximum atomic E-state index is 12.6. The number of Topliss-reactive ketones (excluding diaryl/α,β-unsaturated/α-hetero) is 1. The second kappa shape index (κ2) is 7.89. The highest BCUT2D eigenvalue weighted by Crippen LogP contribution is 2.35. The number of benzene rings is 2. The number of halogens is 5. The van der Waals surface area contributed by atoms with E-state index in [1.807, 2.05) is 0 Å². The van der Waals surface area contributed by atoms with Gasteiger partial charge < -0.3 is 9.52 Å². The van der Waals surface area contributed by atoms with Gasteiger partial charge in [-0.3, -0.25) is 4.79 Å². The second-order valence-corrected chi connectivity index (χ2v) is 6.79. The molecule has 3 rings (SSSR count). The largest absolute Gasteiger partial charge is 0.506 e. The van der Waals surface area contributed by atoms with Gasteiger partial charge in [-0.1, -0.05) is 41.4 Å². The number of carbonyl (C=O) groups is 1. The number of aromatic hydroxyl groups is 1. The van der Waals surface area contributed by atoms with Crippen LogP contribution in [0.5, 0.6) is 5.75 Å². The zero-order valence-corrected chi connectivity index (χ0v) is 15.7. The van der Waals surface area contributed by atoms with Gasteiger partial charge >= 0.3 is 6.18 Å². The molecule has 0 radical (unpaired) electrons. The fraction of sp³-hybridized carbons (Fsp3) is 0.150. The summed E-state index contributed by atoms with van der Waals surface area (Å²) in [6.45, 7) is 0. The minimum absolute atomic E-state index is 0.0224. The molecule has 0 amide bonds. The third-order valence-electron chi connectivity index (χ3n) is 4.14. The summed E-state index contributed by atoms with van der Waals surface area (Å²) in [6.07, 6.45) is -4.05. The van der Waals surface area contributed by atoms with Crippen LogP contribution in [0.3, 0.4) is 0 Å². The Balaban J connectivity index is 1.70. The van der Waals surface area contributed by atoms with Gasteiger partial charge in [-0.15, -0.1) is 0 Å². The molecule has 0 bridgehead atoms. The lowest BCUT2D eigenvalue weighted by Crippen LogP contribution is -2.03. The summed E-state index contributed by atoms with van der Waals surface area (Å²) >= 11 is 11.9. The summed E-state index contributed by atoms with van der Waals surface area (Å²) in [5.41, 5.74) is 0.274. The molecule has 0 unspecified atom stereocenters. The number of carbonyl (C=O) groups excluding carboxylic acids is 1. The van der Waals surface area contributed by atoms with Crippen LogP contribution in [0.4, 0.5) is 13.2 Å². The van der Waals surface area contributed by atoms with Crippen molar-refractivity contribution in [3.05, 3.63) is 75.5 Å². The molecule has 0 saturated heterocycles. The molecule has 1 aromatic heterocycles. The first-order valence-corrected chi connectivity index (χ1v) is 8.89. The smallest absolute Gasteiger partial charge is 0.416 e. The van der Waals surface area contributed by atoms with Crippen molar-refractivity contribution in [1.29, 1.82) is 0 Å². The SMILES string of the molecule is O=C(CCc1ccc(O)c(Cl)c1Cl)c1ccc(-c2ccc(C(F)(F)F)cc2)o1. The van der Waals surface area contributed by atoms with Crippen LogP contribution in [0.15, 0.2) is 52.9 Å². The Labute approximate surface area is 168 Å². The Morgan fingerprint density at radius 2 is 1.64 bits per heavy atom. The van der Waals surface area contributed by atoms with Gasteiger partial charge in [-0.05, 0) is 42.3 Å². The van der Waals surface area contributed by atoms with E-state index in [2.05, 4.69) is 0 Å². The van der Waals surface area contributed by atoms with Crippen molar-refractivity contribution in [2.24, 2.45) is 0 Å². The van der Waals surface area contributed by atoms with E-state index >= 15 is 0 Å². The maximum absolute atomic E-state index is 12.6. The number of hydrogen-bond acceptors (Lipinski definition) is 3. The lowest BCUT2D eigenvalue weighted by Gasteiger charge is -2.07. The Kier molecular flexibility index (Phi) is 5.72. The van der Waals surface area contributed by atoms with E-state index in [1.54, 1.807) is 6.07 Å². The third-order valence-corrected chi connectivity index (χ3v) is 5.05. The topological polar surface area (TPSA) is 50.4 Å². The van der Waals surface area contributed by atoms with E-state index in [4.69, 9.17) is 27.6 Å². The Morgan fingerprint density at radius 1 is 0.964 bits per heavy atom. The monoisotopic (exact) mass is 428 g/mol. The van der Waals surface area contributed by atoms with Gasteiger partial charge in [0.1, 0.15) is 16.5 Å². The summed E-state index contributed by atoms with van der Waals surface area (Å²) < 4.78 is 43.4. The molecule has 0 atom stereocenters. The number of aryl methyl sites for hydroxylation is 1. The van der Waals surface area contributed by atoms with Gasteiger partial charge in [-0.2, -0.15) is 13.2 Å². The first-order valence-electron chi connectivity index (χ1n) is 8.13. The maximum Gasteiger partial charge on any atom is 0.416 e. The molecule has 0 fully saturated rings. The van der Waals surface area contributed by atoms with Crippen molar-refractivity contribution < 1.29 is 27.5 Å². The highest BCUT2D eigenvalue weighted by atomic mass is 35.5. The van der Waals surface area contributed by atoms with Crippen LogP contribution in [0.1, 0.15) is 28.1 Å².